The molecule has 0 saturated carbocycles. The number of thioether (sulfide) groups is 1. The minimum absolute atomic E-state index is 0.244. The molecule has 0 aliphatic heterocycles. The summed E-state index contributed by atoms with van der Waals surface area (Å²) in [6, 6.07) is 6.49. The van der Waals surface area contributed by atoms with Crippen molar-refractivity contribution in [1.82, 2.24) is 0 Å². The maximum atomic E-state index is 11.5. The van der Waals surface area contributed by atoms with Gasteiger partial charge in [0.15, 0.2) is 0 Å². The van der Waals surface area contributed by atoms with Crippen LogP contribution in [0.4, 0.5) is 4.79 Å². The van der Waals surface area contributed by atoms with Crippen molar-refractivity contribution < 1.29 is 19.1 Å². The molecule has 1 aromatic rings. The SMILES string of the molecule is CCSC(=O)OCOC(=O)c1ccccc1Cl. The van der Waals surface area contributed by atoms with Gasteiger partial charge >= 0.3 is 11.3 Å². The zero-order valence-corrected chi connectivity index (χ0v) is 10.7. The summed E-state index contributed by atoms with van der Waals surface area (Å²) in [5, 5.41) is -0.175. The Kier molecular flexibility index (Phi) is 5.86. The lowest BCUT2D eigenvalue weighted by Crippen LogP contribution is -2.11. The highest BCUT2D eigenvalue weighted by Crippen LogP contribution is 2.15. The van der Waals surface area contributed by atoms with Crippen molar-refractivity contribution in [3.05, 3.63) is 34.9 Å². The Hall–Kier alpha value is -1.20. The molecule has 0 saturated heterocycles. The van der Waals surface area contributed by atoms with E-state index in [1.165, 1.54) is 6.07 Å². The van der Waals surface area contributed by atoms with Crippen LogP contribution in [0.2, 0.25) is 5.02 Å². The van der Waals surface area contributed by atoms with Gasteiger partial charge in [0.2, 0.25) is 6.79 Å². The monoisotopic (exact) mass is 274 g/mol. The minimum atomic E-state index is -0.620. The molecule has 0 spiro atoms. The van der Waals surface area contributed by atoms with Crippen molar-refractivity contribution in [1.29, 1.82) is 0 Å². The van der Waals surface area contributed by atoms with Gasteiger partial charge in [0.1, 0.15) is 0 Å². The van der Waals surface area contributed by atoms with E-state index in [1.807, 2.05) is 6.92 Å². The Labute approximate surface area is 108 Å². The molecule has 0 unspecified atom stereocenters. The van der Waals surface area contributed by atoms with E-state index in [2.05, 4.69) is 4.74 Å². The highest BCUT2D eigenvalue weighted by molar-refractivity contribution is 8.13. The summed E-state index contributed by atoms with van der Waals surface area (Å²) in [4.78, 5) is 22.5. The van der Waals surface area contributed by atoms with Gasteiger partial charge in [0.25, 0.3) is 0 Å². The predicted molar refractivity (Wildman–Crippen MR) is 66.3 cm³/mol. The molecule has 0 aliphatic carbocycles. The van der Waals surface area contributed by atoms with E-state index in [0.29, 0.717) is 10.8 Å². The van der Waals surface area contributed by atoms with Crippen LogP contribution in [-0.2, 0) is 9.47 Å². The van der Waals surface area contributed by atoms with E-state index in [0.717, 1.165) is 11.8 Å². The van der Waals surface area contributed by atoms with Gasteiger partial charge in [-0.1, -0.05) is 30.7 Å². The van der Waals surface area contributed by atoms with Gasteiger partial charge in [0, 0.05) is 5.75 Å². The fourth-order valence-corrected chi connectivity index (χ4v) is 1.58. The third-order valence-corrected chi connectivity index (χ3v) is 2.69. The number of esters is 1. The van der Waals surface area contributed by atoms with Crippen LogP contribution in [0.3, 0.4) is 0 Å². The molecule has 0 fully saturated rings. The Morgan fingerprint density at radius 3 is 2.65 bits per heavy atom. The summed E-state index contributed by atoms with van der Waals surface area (Å²) in [5.41, 5.74) is 0.244. The standard InChI is InChI=1S/C11H11ClO4S/c1-2-17-11(14)16-7-15-10(13)8-5-3-4-6-9(8)12/h3-6H,2,7H2,1H3. The lowest BCUT2D eigenvalue weighted by atomic mass is 10.2. The normalized spacial score (nSPS) is 9.76. The van der Waals surface area contributed by atoms with Crippen LogP contribution in [-0.4, -0.2) is 23.8 Å². The molecule has 17 heavy (non-hydrogen) atoms. The molecule has 4 nitrogen and oxygen atoms in total. The van der Waals surface area contributed by atoms with Crippen LogP contribution >= 0.6 is 23.4 Å². The topological polar surface area (TPSA) is 52.6 Å². The summed E-state index contributed by atoms with van der Waals surface area (Å²) in [6.07, 6.45) is 0. The molecule has 0 aromatic heterocycles. The molecule has 0 amide bonds. The van der Waals surface area contributed by atoms with E-state index < -0.39 is 18.1 Å². The predicted octanol–water partition coefficient (Wildman–Crippen LogP) is 3.34. The first kappa shape index (κ1) is 13.9. The molecule has 0 heterocycles. The van der Waals surface area contributed by atoms with Crippen molar-refractivity contribution >= 4 is 34.6 Å². The van der Waals surface area contributed by atoms with Crippen molar-refractivity contribution in [2.24, 2.45) is 0 Å². The quantitative estimate of drug-likeness (QED) is 0.622. The van der Waals surface area contributed by atoms with Crippen molar-refractivity contribution in [3.8, 4) is 0 Å². The minimum Gasteiger partial charge on any atom is -0.424 e. The molecule has 0 atom stereocenters. The lowest BCUT2D eigenvalue weighted by molar-refractivity contribution is 0.00411. The van der Waals surface area contributed by atoms with Crippen molar-refractivity contribution in [2.75, 3.05) is 12.5 Å². The highest BCUT2D eigenvalue weighted by atomic mass is 35.5. The lowest BCUT2D eigenvalue weighted by Gasteiger charge is -2.06. The van der Waals surface area contributed by atoms with Gasteiger partial charge < -0.3 is 9.47 Å². The van der Waals surface area contributed by atoms with Crippen LogP contribution in [0.15, 0.2) is 24.3 Å². The molecule has 0 N–H and O–H groups in total. The van der Waals surface area contributed by atoms with E-state index >= 15 is 0 Å². The second-order valence-corrected chi connectivity index (χ2v) is 4.46. The largest absolute Gasteiger partial charge is 0.424 e. The first-order valence-electron chi connectivity index (χ1n) is 4.86. The number of ether oxygens (including phenoxy) is 2. The molecule has 1 aromatic carbocycles. The van der Waals surface area contributed by atoms with Crippen LogP contribution in [0.25, 0.3) is 0 Å². The number of carbonyl (C=O) groups excluding carboxylic acids is 2. The second-order valence-electron chi connectivity index (χ2n) is 2.86. The van der Waals surface area contributed by atoms with Gasteiger partial charge in [-0.2, -0.15) is 0 Å². The van der Waals surface area contributed by atoms with E-state index in [-0.39, 0.29) is 5.56 Å². The number of benzene rings is 1. The van der Waals surface area contributed by atoms with Crippen LogP contribution in [0.5, 0.6) is 0 Å². The number of hydrogen-bond donors (Lipinski definition) is 0. The summed E-state index contributed by atoms with van der Waals surface area (Å²) in [5.74, 6) is -0.0120. The molecule has 6 heteroatoms. The molecule has 92 valence electrons. The zero-order valence-electron chi connectivity index (χ0n) is 9.14. The zero-order chi connectivity index (χ0) is 12.7. The molecule has 0 radical (unpaired) electrons. The van der Waals surface area contributed by atoms with Gasteiger partial charge in [-0.15, -0.1) is 0 Å². The van der Waals surface area contributed by atoms with Crippen LogP contribution in [0.1, 0.15) is 17.3 Å². The smallest absolute Gasteiger partial charge is 0.370 e. The Morgan fingerprint density at radius 1 is 1.29 bits per heavy atom. The van der Waals surface area contributed by atoms with Crippen LogP contribution in [0, 0.1) is 0 Å². The average molecular weight is 275 g/mol. The summed E-state index contributed by atoms with van der Waals surface area (Å²) in [7, 11) is 0. The fourth-order valence-electron chi connectivity index (χ4n) is 0.995. The number of carbonyl (C=O) groups is 2. The van der Waals surface area contributed by atoms with E-state index in [1.54, 1.807) is 18.2 Å². The number of halogens is 1. The Balaban J connectivity index is 2.41. The third kappa shape index (κ3) is 4.66. The molecular formula is C11H11ClO4S. The summed E-state index contributed by atoms with van der Waals surface area (Å²) in [6.45, 7) is 1.41. The maximum absolute atomic E-state index is 11.5. The van der Waals surface area contributed by atoms with Crippen molar-refractivity contribution in [2.45, 2.75) is 6.92 Å². The first-order chi connectivity index (χ1) is 8.15. The first-order valence-corrected chi connectivity index (χ1v) is 6.22. The van der Waals surface area contributed by atoms with Crippen LogP contribution < -0.4 is 0 Å². The average Bonchev–Trinajstić information content (AvgIpc) is 2.29. The Bertz CT molecular complexity index is 408. The maximum Gasteiger partial charge on any atom is 0.370 e. The molecular weight excluding hydrogens is 264 g/mol. The second kappa shape index (κ2) is 7.19. The van der Waals surface area contributed by atoms with Crippen molar-refractivity contribution in [3.63, 3.8) is 0 Å². The number of rotatable bonds is 4. The van der Waals surface area contributed by atoms with Gasteiger partial charge in [-0.05, 0) is 23.9 Å². The van der Waals surface area contributed by atoms with Gasteiger partial charge in [0.05, 0.1) is 10.6 Å². The van der Waals surface area contributed by atoms with Gasteiger partial charge in [-0.3, -0.25) is 0 Å². The third-order valence-electron chi connectivity index (χ3n) is 1.72. The molecule has 0 bridgehead atoms. The molecule has 0 aliphatic rings. The Morgan fingerprint density at radius 2 is 2.00 bits per heavy atom. The summed E-state index contributed by atoms with van der Waals surface area (Å²) >= 11 is 6.80. The van der Waals surface area contributed by atoms with E-state index in [9.17, 15) is 9.59 Å². The molecule has 1 rings (SSSR count). The summed E-state index contributed by atoms with van der Waals surface area (Å²) < 4.78 is 9.40. The highest BCUT2D eigenvalue weighted by Gasteiger charge is 2.11. The van der Waals surface area contributed by atoms with E-state index in [4.69, 9.17) is 16.3 Å². The number of hydrogen-bond acceptors (Lipinski definition) is 5. The fraction of sp³-hybridized carbons (Fsp3) is 0.273. The van der Waals surface area contributed by atoms with Gasteiger partial charge in [-0.25, -0.2) is 9.59 Å².